The van der Waals surface area contributed by atoms with Crippen LogP contribution >= 0.6 is 0 Å². The van der Waals surface area contributed by atoms with Crippen LogP contribution in [0.1, 0.15) is 0 Å². The molecule has 1 heterocycles. The maximum Gasteiger partial charge on any atom is 0.313 e. The second-order valence-electron chi connectivity index (χ2n) is 0.726. The van der Waals surface area contributed by atoms with Crippen LogP contribution in [0.5, 0.6) is 0 Å². The van der Waals surface area contributed by atoms with Gasteiger partial charge in [0.05, 0.1) is 0 Å². The van der Waals surface area contributed by atoms with Gasteiger partial charge in [0.25, 0.3) is 0 Å². The first kappa shape index (κ1) is 3.06. The molecule has 2 nitrogen and oxygen atoms in total. The van der Waals surface area contributed by atoms with Crippen LogP contribution in [-0.2, 0) is 9.47 Å². The average Bonchev–Trinajstić information content (AvgIpc) is 1.30. The van der Waals surface area contributed by atoms with Gasteiger partial charge in [0.1, 0.15) is 0 Å². The van der Waals surface area contributed by atoms with Gasteiger partial charge in [-0.25, -0.2) is 0 Å². The zero-order chi connectivity index (χ0) is 3.70. The molecular weight excluding hydrogens is 75.0 g/mol. The first-order valence-corrected chi connectivity index (χ1v) is 1.27. The van der Waals surface area contributed by atoms with E-state index in [-0.39, 0.29) is 6.79 Å². The summed E-state index contributed by atoms with van der Waals surface area (Å²) in [5.74, 6) is 0. The Bertz CT molecular complexity index is 34.6. The van der Waals surface area contributed by atoms with Crippen molar-refractivity contribution in [3.8, 4) is 0 Å². The number of hydrogen-bond acceptors (Lipinski definition) is 2. The lowest BCUT2D eigenvalue weighted by Gasteiger charge is -2.17. The van der Waals surface area contributed by atoms with Crippen molar-refractivity contribution in [3.63, 3.8) is 0 Å². The number of halogens is 1. The zero-order valence-corrected chi connectivity index (χ0v) is 2.48. The minimum atomic E-state index is -1.44. The highest BCUT2D eigenvalue weighted by molar-refractivity contribution is 4.21. The summed E-state index contributed by atoms with van der Waals surface area (Å²) in [7, 11) is 0. The number of alkyl halides is 1. The molecule has 0 aliphatic carbocycles. The summed E-state index contributed by atoms with van der Waals surface area (Å²) in [5.41, 5.74) is 0. The van der Waals surface area contributed by atoms with Gasteiger partial charge in [-0.3, -0.25) is 9.47 Å². The Morgan fingerprint density at radius 3 is 2.00 bits per heavy atom. The van der Waals surface area contributed by atoms with E-state index in [2.05, 4.69) is 9.47 Å². The minimum absolute atomic E-state index is 0.112. The maximum atomic E-state index is 11.1. The highest BCUT2D eigenvalue weighted by Gasteiger charge is 2.14. The second kappa shape index (κ2) is 0.914. The lowest BCUT2D eigenvalue weighted by molar-refractivity contribution is -0.375. The molecule has 1 aliphatic rings. The molecular formula is C2H3FO2. The number of ether oxygens (including phenoxy) is 2. The van der Waals surface area contributed by atoms with Crippen LogP contribution in [0.2, 0.25) is 0 Å². The number of hydrogen-bond donors (Lipinski definition) is 0. The third-order valence-corrected chi connectivity index (χ3v) is 0.398. The fourth-order valence-electron chi connectivity index (χ4n) is 0.119. The molecule has 0 bridgehead atoms. The molecule has 0 spiro atoms. The third-order valence-electron chi connectivity index (χ3n) is 0.398. The van der Waals surface area contributed by atoms with Crippen LogP contribution in [0, 0.1) is 0 Å². The second-order valence-corrected chi connectivity index (χ2v) is 0.726. The van der Waals surface area contributed by atoms with Crippen LogP contribution in [-0.4, -0.2) is 13.3 Å². The normalized spacial score (nSPS) is 25.8. The van der Waals surface area contributed by atoms with E-state index < -0.39 is 6.54 Å². The minimum Gasteiger partial charge on any atom is -0.299 e. The predicted molar refractivity (Wildman–Crippen MR) is 11.9 cm³/mol. The smallest absolute Gasteiger partial charge is 0.299 e. The Kier molecular flexibility index (Phi) is 0.559. The molecule has 1 fully saturated rings. The summed E-state index contributed by atoms with van der Waals surface area (Å²) in [6.07, 6.45) is 0. The predicted octanol–water partition coefficient (Wildman–Crippen LogP) is 0.244. The van der Waals surface area contributed by atoms with Gasteiger partial charge < -0.3 is 0 Å². The first-order valence-electron chi connectivity index (χ1n) is 1.27. The van der Waals surface area contributed by atoms with Gasteiger partial charge in [-0.2, -0.15) is 4.39 Å². The summed E-state index contributed by atoms with van der Waals surface area (Å²) < 4.78 is 19.2. The molecule has 0 saturated carbocycles. The molecule has 0 aromatic heterocycles. The van der Waals surface area contributed by atoms with Crippen LogP contribution in [0.3, 0.4) is 0 Å². The molecule has 0 aromatic carbocycles. The van der Waals surface area contributed by atoms with E-state index >= 15 is 0 Å². The van der Waals surface area contributed by atoms with Gasteiger partial charge in [0.2, 0.25) is 0 Å². The summed E-state index contributed by atoms with van der Waals surface area (Å²) >= 11 is 0. The molecule has 0 radical (unpaired) electrons. The van der Waals surface area contributed by atoms with E-state index in [1.807, 2.05) is 0 Å². The van der Waals surface area contributed by atoms with Crippen LogP contribution in [0.4, 0.5) is 4.39 Å². The lowest BCUT2D eigenvalue weighted by atomic mass is 11.1. The summed E-state index contributed by atoms with van der Waals surface area (Å²) in [6, 6.07) is 0. The quantitative estimate of drug-likeness (QED) is 0.413. The summed E-state index contributed by atoms with van der Waals surface area (Å²) in [5, 5.41) is 0. The van der Waals surface area contributed by atoms with Crippen molar-refractivity contribution >= 4 is 0 Å². The van der Waals surface area contributed by atoms with Gasteiger partial charge in [-0.05, 0) is 0 Å². The Labute approximate surface area is 28.5 Å². The third kappa shape index (κ3) is 0.385. The van der Waals surface area contributed by atoms with E-state index in [0.717, 1.165) is 0 Å². The van der Waals surface area contributed by atoms with E-state index in [1.54, 1.807) is 0 Å². The van der Waals surface area contributed by atoms with Crippen molar-refractivity contribution in [2.45, 2.75) is 6.54 Å². The summed E-state index contributed by atoms with van der Waals surface area (Å²) in [6.45, 7) is -1.32. The van der Waals surface area contributed by atoms with Crippen molar-refractivity contribution in [2.75, 3.05) is 6.79 Å². The number of rotatable bonds is 0. The van der Waals surface area contributed by atoms with Crippen LogP contribution in [0.15, 0.2) is 0 Å². The van der Waals surface area contributed by atoms with E-state index in [0.29, 0.717) is 0 Å². The van der Waals surface area contributed by atoms with Gasteiger partial charge in [0, 0.05) is 0 Å². The fraction of sp³-hybridized carbons (Fsp3) is 1.00. The van der Waals surface area contributed by atoms with Gasteiger partial charge >= 0.3 is 6.54 Å². The molecule has 0 unspecified atom stereocenters. The fourth-order valence-corrected chi connectivity index (χ4v) is 0.119. The van der Waals surface area contributed by atoms with Crippen molar-refractivity contribution in [3.05, 3.63) is 0 Å². The Hall–Kier alpha value is -0.150. The molecule has 30 valence electrons. The molecule has 1 saturated heterocycles. The average molecular weight is 78.0 g/mol. The summed E-state index contributed by atoms with van der Waals surface area (Å²) in [4.78, 5) is 0. The molecule has 0 aromatic rings. The van der Waals surface area contributed by atoms with Crippen molar-refractivity contribution in [1.82, 2.24) is 0 Å². The first-order chi connectivity index (χ1) is 2.39. The molecule has 0 N–H and O–H groups in total. The lowest BCUT2D eigenvalue weighted by Crippen LogP contribution is -2.25. The maximum absolute atomic E-state index is 11.1. The highest BCUT2D eigenvalue weighted by Crippen LogP contribution is 2.05. The zero-order valence-electron chi connectivity index (χ0n) is 2.48. The van der Waals surface area contributed by atoms with E-state index in [9.17, 15) is 4.39 Å². The van der Waals surface area contributed by atoms with Crippen LogP contribution < -0.4 is 0 Å². The Morgan fingerprint density at radius 1 is 1.60 bits per heavy atom. The molecule has 3 heteroatoms. The van der Waals surface area contributed by atoms with Crippen LogP contribution in [0.25, 0.3) is 0 Å². The Morgan fingerprint density at radius 2 is 2.00 bits per heavy atom. The van der Waals surface area contributed by atoms with Crippen molar-refractivity contribution in [2.24, 2.45) is 0 Å². The Balaban J connectivity index is 2.08. The molecule has 1 rings (SSSR count). The largest absolute Gasteiger partial charge is 0.313 e. The van der Waals surface area contributed by atoms with Gasteiger partial charge in [-0.1, -0.05) is 0 Å². The van der Waals surface area contributed by atoms with Gasteiger partial charge in [-0.15, -0.1) is 0 Å². The standard InChI is InChI=1S/C2H3FO2/c3-2-4-1-5-2/h2H,1H2. The molecule has 0 amide bonds. The van der Waals surface area contributed by atoms with Gasteiger partial charge in [0.15, 0.2) is 6.79 Å². The van der Waals surface area contributed by atoms with E-state index in [4.69, 9.17) is 0 Å². The topological polar surface area (TPSA) is 18.5 Å². The molecule has 1 aliphatic heterocycles. The molecule has 0 atom stereocenters. The SMILES string of the molecule is FC1OCO1. The highest BCUT2D eigenvalue weighted by atomic mass is 19.2. The monoisotopic (exact) mass is 78.0 g/mol. The van der Waals surface area contributed by atoms with E-state index in [1.165, 1.54) is 0 Å². The molecule has 5 heavy (non-hydrogen) atoms. The van der Waals surface area contributed by atoms with Crippen molar-refractivity contribution in [1.29, 1.82) is 0 Å². The van der Waals surface area contributed by atoms with Crippen molar-refractivity contribution < 1.29 is 13.9 Å².